The number of hydrogen-bond donors (Lipinski definition) is 1. The molecule has 1 amide bonds. The summed E-state index contributed by atoms with van der Waals surface area (Å²) in [5.74, 6) is -1.48. The number of carboxylic acids is 1. The van der Waals surface area contributed by atoms with E-state index in [1.54, 1.807) is 28.5 Å². The molecule has 0 saturated carbocycles. The average molecular weight is 399 g/mol. The molecule has 0 bridgehead atoms. The second-order valence-electron chi connectivity index (χ2n) is 6.25. The molecular weight excluding hydrogens is 383 g/mol. The molecule has 1 aliphatic heterocycles. The highest BCUT2D eigenvalue weighted by Gasteiger charge is 2.33. The number of benzene rings is 1. The van der Waals surface area contributed by atoms with Gasteiger partial charge in [-0.3, -0.25) is 9.59 Å². The molecule has 132 valence electrons. The maximum absolute atomic E-state index is 12.7. The highest BCUT2D eigenvalue weighted by Crippen LogP contribution is 2.31. The van der Waals surface area contributed by atoms with Crippen LogP contribution in [0.25, 0.3) is 10.6 Å². The first-order chi connectivity index (χ1) is 11.8. The van der Waals surface area contributed by atoms with Gasteiger partial charge in [-0.25, -0.2) is 4.98 Å². The normalized spacial score (nSPS) is 20.5. The SMILES string of the molecule is CC1CC(C(=O)O)CN(C(=O)c2csc(-c3ccc(Cl)c(Cl)c3)n2)C1. The summed E-state index contributed by atoms with van der Waals surface area (Å²) in [5, 5.41) is 12.5. The topological polar surface area (TPSA) is 70.5 Å². The van der Waals surface area contributed by atoms with E-state index >= 15 is 0 Å². The van der Waals surface area contributed by atoms with Crippen LogP contribution in [0.1, 0.15) is 23.8 Å². The van der Waals surface area contributed by atoms with Crippen molar-refractivity contribution in [3.8, 4) is 10.6 Å². The Morgan fingerprint density at radius 3 is 2.72 bits per heavy atom. The number of rotatable bonds is 3. The summed E-state index contributed by atoms with van der Waals surface area (Å²) >= 11 is 13.3. The Morgan fingerprint density at radius 1 is 1.28 bits per heavy atom. The van der Waals surface area contributed by atoms with Gasteiger partial charge in [0.05, 0.1) is 16.0 Å². The van der Waals surface area contributed by atoms with Gasteiger partial charge in [-0.2, -0.15) is 0 Å². The Kier molecular flexibility index (Phi) is 5.32. The zero-order valence-electron chi connectivity index (χ0n) is 13.4. The number of carbonyl (C=O) groups excluding carboxylic acids is 1. The van der Waals surface area contributed by atoms with Gasteiger partial charge in [0.25, 0.3) is 5.91 Å². The van der Waals surface area contributed by atoms with Gasteiger partial charge in [0.2, 0.25) is 0 Å². The Labute approximate surface area is 159 Å². The molecular formula is C17H16Cl2N2O3S. The molecule has 5 nitrogen and oxygen atoms in total. The largest absolute Gasteiger partial charge is 0.481 e. The van der Waals surface area contributed by atoms with Crippen LogP contribution < -0.4 is 0 Å². The Morgan fingerprint density at radius 2 is 2.04 bits per heavy atom. The van der Waals surface area contributed by atoms with E-state index in [1.165, 1.54) is 11.3 Å². The van der Waals surface area contributed by atoms with Crippen LogP contribution in [0.3, 0.4) is 0 Å². The van der Waals surface area contributed by atoms with E-state index in [0.29, 0.717) is 33.7 Å². The van der Waals surface area contributed by atoms with Crippen LogP contribution in [0.4, 0.5) is 0 Å². The van der Waals surface area contributed by atoms with Crippen molar-refractivity contribution in [1.82, 2.24) is 9.88 Å². The number of piperidine rings is 1. The lowest BCUT2D eigenvalue weighted by Crippen LogP contribution is -2.45. The Hall–Kier alpha value is -1.63. The zero-order valence-corrected chi connectivity index (χ0v) is 15.7. The van der Waals surface area contributed by atoms with Gasteiger partial charge >= 0.3 is 5.97 Å². The van der Waals surface area contributed by atoms with Crippen molar-refractivity contribution in [3.63, 3.8) is 0 Å². The number of nitrogens with zero attached hydrogens (tertiary/aromatic N) is 2. The number of carboxylic acid groups (broad SMARTS) is 1. The number of hydrogen-bond acceptors (Lipinski definition) is 4. The van der Waals surface area contributed by atoms with E-state index in [4.69, 9.17) is 23.2 Å². The molecule has 8 heteroatoms. The maximum atomic E-state index is 12.7. The van der Waals surface area contributed by atoms with Crippen LogP contribution in [-0.4, -0.2) is 40.0 Å². The Balaban J connectivity index is 1.80. The molecule has 3 rings (SSSR count). The summed E-state index contributed by atoms with van der Waals surface area (Å²) < 4.78 is 0. The molecule has 1 saturated heterocycles. The quantitative estimate of drug-likeness (QED) is 0.836. The second-order valence-corrected chi connectivity index (χ2v) is 7.93. The molecule has 1 aliphatic rings. The van der Waals surface area contributed by atoms with E-state index in [9.17, 15) is 14.7 Å². The van der Waals surface area contributed by atoms with Crippen molar-refractivity contribution in [3.05, 3.63) is 39.3 Å². The first-order valence-corrected chi connectivity index (χ1v) is 9.41. The number of halogens is 2. The lowest BCUT2D eigenvalue weighted by Gasteiger charge is -2.34. The lowest BCUT2D eigenvalue weighted by atomic mass is 9.90. The van der Waals surface area contributed by atoms with Crippen LogP contribution in [0.2, 0.25) is 10.0 Å². The predicted octanol–water partition coefficient (Wildman–Crippen LogP) is 4.30. The van der Waals surface area contributed by atoms with Gasteiger partial charge in [-0.15, -0.1) is 11.3 Å². The fraction of sp³-hybridized carbons (Fsp3) is 0.353. The van der Waals surface area contributed by atoms with Gasteiger partial charge in [0.15, 0.2) is 0 Å². The van der Waals surface area contributed by atoms with Gasteiger partial charge in [0, 0.05) is 24.0 Å². The van der Waals surface area contributed by atoms with Crippen molar-refractivity contribution < 1.29 is 14.7 Å². The Bertz CT molecular complexity index is 824. The van der Waals surface area contributed by atoms with Crippen LogP contribution in [0, 0.1) is 11.8 Å². The molecule has 0 spiro atoms. The van der Waals surface area contributed by atoms with Crippen LogP contribution in [0.5, 0.6) is 0 Å². The van der Waals surface area contributed by atoms with Crippen molar-refractivity contribution in [2.75, 3.05) is 13.1 Å². The highest BCUT2D eigenvalue weighted by atomic mass is 35.5. The molecule has 2 heterocycles. The van der Waals surface area contributed by atoms with Crippen molar-refractivity contribution >= 4 is 46.4 Å². The summed E-state index contributed by atoms with van der Waals surface area (Å²) in [6.07, 6.45) is 0.588. The van der Waals surface area contributed by atoms with Gasteiger partial charge in [0.1, 0.15) is 10.7 Å². The van der Waals surface area contributed by atoms with Crippen LogP contribution in [0.15, 0.2) is 23.6 Å². The minimum Gasteiger partial charge on any atom is -0.481 e. The fourth-order valence-electron chi connectivity index (χ4n) is 2.99. The second kappa shape index (κ2) is 7.32. The first-order valence-electron chi connectivity index (χ1n) is 7.78. The van der Waals surface area contributed by atoms with Gasteiger partial charge in [-0.05, 0) is 24.5 Å². The smallest absolute Gasteiger partial charge is 0.308 e. The fourth-order valence-corrected chi connectivity index (χ4v) is 4.08. The number of carbonyl (C=O) groups is 2. The maximum Gasteiger partial charge on any atom is 0.308 e. The number of aromatic nitrogens is 1. The van der Waals surface area contributed by atoms with E-state index in [-0.39, 0.29) is 18.4 Å². The van der Waals surface area contributed by atoms with Crippen molar-refractivity contribution in [2.45, 2.75) is 13.3 Å². The third-order valence-corrected chi connectivity index (χ3v) is 5.82. The minimum absolute atomic E-state index is 0.145. The van der Waals surface area contributed by atoms with E-state index in [0.717, 1.165) is 5.56 Å². The summed E-state index contributed by atoms with van der Waals surface area (Å²) in [6.45, 7) is 2.72. The average Bonchev–Trinajstić information content (AvgIpc) is 3.06. The first kappa shape index (κ1) is 18.2. The summed E-state index contributed by atoms with van der Waals surface area (Å²) in [7, 11) is 0. The molecule has 1 fully saturated rings. The summed E-state index contributed by atoms with van der Waals surface area (Å²) in [4.78, 5) is 30.0. The molecule has 1 aromatic carbocycles. The molecule has 1 N–H and O–H groups in total. The summed E-state index contributed by atoms with van der Waals surface area (Å²) in [6, 6.07) is 5.19. The molecule has 0 aliphatic carbocycles. The minimum atomic E-state index is -0.862. The molecule has 25 heavy (non-hydrogen) atoms. The molecule has 2 unspecified atom stereocenters. The van der Waals surface area contributed by atoms with Crippen molar-refractivity contribution in [1.29, 1.82) is 0 Å². The van der Waals surface area contributed by atoms with Crippen LogP contribution >= 0.6 is 34.5 Å². The summed E-state index contributed by atoms with van der Waals surface area (Å²) in [5.41, 5.74) is 1.11. The standard InChI is InChI=1S/C17H16Cl2N2O3S/c1-9-4-11(17(23)24)7-21(6-9)16(22)14-8-25-15(20-14)10-2-3-12(18)13(19)5-10/h2-3,5,8-9,11H,4,6-7H2,1H3,(H,23,24). The lowest BCUT2D eigenvalue weighted by molar-refractivity contribution is -0.143. The predicted molar refractivity (Wildman–Crippen MR) is 98.4 cm³/mol. The third kappa shape index (κ3) is 3.97. The van der Waals surface area contributed by atoms with E-state index in [1.807, 2.05) is 6.92 Å². The molecule has 1 aromatic heterocycles. The monoisotopic (exact) mass is 398 g/mol. The zero-order chi connectivity index (χ0) is 18.1. The highest BCUT2D eigenvalue weighted by molar-refractivity contribution is 7.13. The van der Waals surface area contributed by atoms with Gasteiger partial charge < -0.3 is 10.0 Å². The number of amides is 1. The number of aliphatic carboxylic acids is 1. The molecule has 2 aromatic rings. The molecule has 0 radical (unpaired) electrons. The van der Waals surface area contributed by atoms with E-state index in [2.05, 4.69) is 4.98 Å². The van der Waals surface area contributed by atoms with Crippen molar-refractivity contribution in [2.24, 2.45) is 11.8 Å². The number of likely N-dealkylation sites (tertiary alicyclic amines) is 1. The molecule has 2 atom stereocenters. The van der Waals surface area contributed by atoms with E-state index < -0.39 is 11.9 Å². The van der Waals surface area contributed by atoms with Crippen LogP contribution in [-0.2, 0) is 4.79 Å². The number of thiazole rings is 1. The third-order valence-electron chi connectivity index (χ3n) is 4.19. The van der Waals surface area contributed by atoms with Gasteiger partial charge in [-0.1, -0.05) is 36.2 Å².